The molecule has 0 aliphatic heterocycles. The lowest BCUT2D eigenvalue weighted by Gasteiger charge is -2.17. The molecule has 0 saturated heterocycles. The molecule has 1 aliphatic carbocycles. The summed E-state index contributed by atoms with van der Waals surface area (Å²) in [6, 6.07) is 2.14. The molecule has 94 valence electrons. The predicted octanol–water partition coefficient (Wildman–Crippen LogP) is 3.36. The molecule has 2 atom stereocenters. The maximum atomic E-state index is 4.24. The fourth-order valence-electron chi connectivity index (χ4n) is 2.61. The van der Waals surface area contributed by atoms with Gasteiger partial charge in [-0.25, -0.2) is 0 Å². The monoisotopic (exact) mass is 233 g/mol. The van der Waals surface area contributed by atoms with Crippen LogP contribution in [0.25, 0.3) is 0 Å². The fraction of sp³-hybridized carbons (Fsp3) is 0.643. The van der Waals surface area contributed by atoms with E-state index in [1.807, 2.05) is 12.4 Å². The van der Waals surface area contributed by atoms with Gasteiger partial charge < -0.3 is 10.6 Å². The van der Waals surface area contributed by atoms with Gasteiger partial charge in [0.25, 0.3) is 0 Å². The Morgan fingerprint density at radius 1 is 1.24 bits per heavy atom. The first-order chi connectivity index (χ1) is 8.29. The Balaban J connectivity index is 1.87. The van der Waals surface area contributed by atoms with E-state index >= 15 is 0 Å². The third kappa shape index (κ3) is 3.35. The number of nitrogens with one attached hydrogen (secondary N) is 2. The van der Waals surface area contributed by atoms with E-state index in [-0.39, 0.29) is 0 Å². The van der Waals surface area contributed by atoms with Crippen LogP contribution < -0.4 is 10.6 Å². The highest BCUT2D eigenvalue weighted by Gasteiger charge is 2.22. The molecular formula is C14H23N3. The molecule has 0 radical (unpaired) electrons. The van der Waals surface area contributed by atoms with Gasteiger partial charge in [0.05, 0.1) is 23.8 Å². The normalized spacial score (nSPS) is 23.6. The van der Waals surface area contributed by atoms with Crippen LogP contribution in [-0.4, -0.2) is 18.1 Å². The van der Waals surface area contributed by atoms with Gasteiger partial charge in [0.1, 0.15) is 0 Å². The van der Waals surface area contributed by atoms with Crippen LogP contribution >= 0.6 is 0 Å². The molecule has 0 bridgehead atoms. The van der Waals surface area contributed by atoms with Crippen LogP contribution in [0.2, 0.25) is 0 Å². The number of hydrogen-bond donors (Lipinski definition) is 2. The summed E-state index contributed by atoms with van der Waals surface area (Å²) in [5.74, 6) is 1.70. The van der Waals surface area contributed by atoms with E-state index in [9.17, 15) is 0 Å². The Bertz CT molecular complexity index is 351. The molecule has 1 heterocycles. The molecule has 1 fully saturated rings. The molecule has 3 heteroatoms. The van der Waals surface area contributed by atoms with Gasteiger partial charge in [0.2, 0.25) is 0 Å². The highest BCUT2D eigenvalue weighted by atomic mass is 14.9. The second-order valence-electron chi connectivity index (χ2n) is 5.04. The molecule has 0 spiro atoms. The standard InChI is InChI=1S/C14H23N3/c1-3-16-13-7-14(10-15-9-13)17-8-12-6-4-5-11(12)2/h7,9-12,16-17H,3-6,8H2,1-2H3. The number of nitrogens with zero attached hydrogens (tertiary/aromatic N) is 1. The molecule has 0 aromatic carbocycles. The summed E-state index contributed by atoms with van der Waals surface area (Å²) in [4.78, 5) is 4.24. The Morgan fingerprint density at radius 2 is 2.00 bits per heavy atom. The molecule has 1 aromatic rings. The lowest BCUT2D eigenvalue weighted by atomic mass is 9.98. The molecule has 1 saturated carbocycles. The summed E-state index contributed by atoms with van der Waals surface area (Å²) in [7, 11) is 0. The van der Waals surface area contributed by atoms with Crippen molar-refractivity contribution in [2.45, 2.75) is 33.1 Å². The van der Waals surface area contributed by atoms with Crippen molar-refractivity contribution in [2.75, 3.05) is 23.7 Å². The van der Waals surface area contributed by atoms with Crippen LogP contribution in [0.1, 0.15) is 33.1 Å². The molecular weight excluding hydrogens is 210 g/mol. The van der Waals surface area contributed by atoms with Gasteiger partial charge in [-0.15, -0.1) is 0 Å². The summed E-state index contributed by atoms with van der Waals surface area (Å²) in [5, 5.41) is 6.80. The van der Waals surface area contributed by atoms with Gasteiger partial charge in [-0.05, 0) is 31.2 Å². The highest BCUT2D eigenvalue weighted by molar-refractivity contribution is 5.53. The van der Waals surface area contributed by atoms with Gasteiger partial charge in [0, 0.05) is 13.1 Å². The molecule has 2 rings (SSSR count). The van der Waals surface area contributed by atoms with Gasteiger partial charge in [-0.1, -0.05) is 19.8 Å². The average Bonchev–Trinajstić information content (AvgIpc) is 2.73. The molecule has 1 aliphatic rings. The van der Waals surface area contributed by atoms with E-state index in [4.69, 9.17) is 0 Å². The van der Waals surface area contributed by atoms with Crippen molar-refractivity contribution in [1.82, 2.24) is 4.98 Å². The summed E-state index contributed by atoms with van der Waals surface area (Å²) >= 11 is 0. The zero-order valence-electron chi connectivity index (χ0n) is 10.9. The zero-order valence-corrected chi connectivity index (χ0v) is 10.9. The Hall–Kier alpha value is -1.25. The molecule has 17 heavy (non-hydrogen) atoms. The summed E-state index contributed by atoms with van der Waals surface area (Å²) < 4.78 is 0. The fourth-order valence-corrected chi connectivity index (χ4v) is 2.61. The molecule has 0 amide bonds. The van der Waals surface area contributed by atoms with Crippen LogP contribution in [0.5, 0.6) is 0 Å². The third-order valence-corrected chi connectivity index (χ3v) is 3.73. The summed E-state index contributed by atoms with van der Waals surface area (Å²) in [6.07, 6.45) is 7.92. The minimum absolute atomic E-state index is 0.831. The minimum atomic E-state index is 0.831. The summed E-state index contributed by atoms with van der Waals surface area (Å²) in [6.45, 7) is 6.48. The van der Waals surface area contributed by atoms with E-state index in [0.29, 0.717) is 0 Å². The number of rotatable bonds is 5. The van der Waals surface area contributed by atoms with Crippen molar-refractivity contribution in [3.05, 3.63) is 18.5 Å². The third-order valence-electron chi connectivity index (χ3n) is 3.73. The van der Waals surface area contributed by atoms with Crippen LogP contribution in [0.15, 0.2) is 18.5 Å². The lowest BCUT2D eigenvalue weighted by Crippen LogP contribution is -2.16. The van der Waals surface area contributed by atoms with Crippen molar-refractivity contribution < 1.29 is 0 Å². The maximum absolute atomic E-state index is 4.24. The maximum Gasteiger partial charge on any atom is 0.0547 e. The molecule has 2 unspecified atom stereocenters. The molecule has 3 nitrogen and oxygen atoms in total. The van der Waals surface area contributed by atoms with Crippen molar-refractivity contribution in [3.63, 3.8) is 0 Å². The van der Waals surface area contributed by atoms with Gasteiger partial charge in [0.15, 0.2) is 0 Å². The van der Waals surface area contributed by atoms with Gasteiger partial charge >= 0.3 is 0 Å². The largest absolute Gasteiger partial charge is 0.384 e. The van der Waals surface area contributed by atoms with E-state index in [1.165, 1.54) is 19.3 Å². The van der Waals surface area contributed by atoms with Crippen LogP contribution in [0.3, 0.4) is 0 Å². The second-order valence-corrected chi connectivity index (χ2v) is 5.04. The SMILES string of the molecule is CCNc1cncc(NCC2CCCC2C)c1. The van der Waals surface area contributed by atoms with E-state index in [1.54, 1.807) is 0 Å². The minimum Gasteiger partial charge on any atom is -0.384 e. The Labute approximate surface area is 104 Å². The topological polar surface area (TPSA) is 37.0 Å². The Morgan fingerprint density at radius 3 is 2.65 bits per heavy atom. The van der Waals surface area contributed by atoms with E-state index in [0.717, 1.165) is 36.3 Å². The van der Waals surface area contributed by atoms with Crippen LogP contribution in [-0.2, 0) is 0 Å². The van der Waals surface area contributed by atoms with Crippen molar-refractivity contribution in [1.29, 1.82) is 0 Å². The first-order valence-electron chi connectivity index (χ1n) is 6.72. The number of hydrogen-bond acceptors (Lipinski definition) is 3. The average molecular weight is 233 g/mol. The van der Waals surface area contributed by atoms with Crippen molar-refractivity contribution in [2.24, 2.45) is 11.8 Å². The predicted molar refractivity (Wildman–Crippen MR) is 73.4 cm³/mol. The van der Waals surface area contributed by atoms with Crippen molar-refractivity contribution >= 4 is 11.4 Å². The summed E-state index contributed by atoms with van der Waals surface area (Å²) in [5.41, 5.74) is 2.22. The van der Waals surface area contributed by atoms with E-state index < -0.39 is 0 Å². The quantitative estimate of drug-likeness (QED) is 0.818. The van der Waals surface area contributed by atoms with Crippen LogP contribution in [0.4, 0.5) is 11.4 Å². The Kier molecular flexibility index (Phi) is 4.24. The highest BCUT2D eigenvalue weighted by Crippen LogP contribution is 2.31. The first kappa shape index (κ1) is 12.2. The van der Waals surface area contributed by atoms with Gasteiger partial charge in [-0.3, -0.25) is 4.98 Å². The van der Waals surface area contributed by atoms with Crippen molar-refractivity contribution in [3.8, 4) is 0 Å². The van der Waals surface area contributed by atoms with E-state index in [2.05, 4.69) is 35.5 Å². The smallest absolute Gasteiger partial charge is 0.0547 e. The number of pyridine rings is 1. The molecule has 2 N–H and O–H groups in total. The second kappa shape index (κ2) is 5.89. The zero-order chi connectivity index (χ0) is 12.1. The first-order valence-corrected chi connectivity index (χ1v) is 6.72. The van der Waals surface area contributed by atoms with Gasteiger partial charge in [-0.2, -0.15) is 0 Å². The number of anilines is 2. The lowest BCUT2D eigenvalue weighted by molar-refractivity contribution is 0.439. The molecule has 1 aromatic heterocycles. The number of aromatic nitrogens is 1. The van der Waals surface area contributed by atoms with Crippen LogP contribution in [0, 0.1) is 11.8 Å².